The van der Waals surface area contributed by atoms with Crippen LogP contribution in [0.5, 0.6) is 11.5 Å². The molecule has 2 saturated heterocycles. The van der Waals surface area contributed by atoms with Crippen molar-refractivity contribution in [2.45, 2.75) is 19.4 Å². The van der Waals surface area contributed by atoms with Crippen LogP contribution in [0.15, 0.2) is 47.4 Å². The Bertz CT molecular complexity index is 1100. The normalized spacial score (nSPS) is 17.2. The van der Waals surface area contributed by atoms with Gasteiger partial charge in [0.2, 0.25) is 5.91 Å². The Labute approximate surface area is 195 Å². The van der Waals surface area contributed by atoms with Gasteiger partial charge in [0.25, 0.3) is 11.1 Å². The molecule has 4 rings (SSSR count). The molecule has 2 aliphatic heterocycles. The van der Waals surface area contributed by atoms with Crippen molar-refractivity contribution in [2.75, 3.05) is 26.7 Å². The minimum absolute atomic E-state index is 0.204. The Kier molecular flexibility index (Phi) is 6.98. The van der Waals surface area contributed by atoms with Crippen LogP contribution in [-0.2, 0) is 16.2 Å². The van der Waals surface area contributed by atoms with E-state index in [1.54, 1.807) is 41.3 Å². The molecule has 3 amide bonds. The van der Waals surface area contributed by atoms with E-state index in [2.05, 4.69) is 0 Å². The Hall–Kier alpha value is -3.33. The average molecular weight is 471 g/mol. The fraction of sp³-hybridized carbons (Fsp3) is 0.292. The highest BCUT2D eigenvalue weighted by atomic mass is 32.2. The molecule has 0 radical (unpaired) electrons. The summed E-state index contributed by atoms with van der Waals surface area (Å²) >= 11 is 0.809. The number of likely N-dealkylation sites (tertiary alicyclic amines) is 1. The highest BCUT2D eigenvalue weighted by molar-refractivity contribution is 8.18. The van der Waals surface area contributed by atoms with Crippen LogP contribution in [0.2, 0.25) is 0 Å². The number of nitrogens with zero attached hydrogens (tertiary/aromatic N) is 2. The number of methoxy groups -OCH3 is 1. The highest BCUT2D eigenvalue weighted by Crippen LogP contribution is 2.35. The molecular formula is C24H23FN2O5S. The van der Waals surface area contributed by atoms with E-state index in [0.717, 1.165) is 35.1 Å². The lowest BCUT2D eigenvalue weighted by Gasteiger charge is -2.18. The lowest BCUT2D eigenvalue weighted by molar-refractivity contribution is -0.135. The van der Waals surface area contributed by atoms with Crippen molar-refractivity contribution in [1.29, 1.82) is 0 Å². The zero-order valence-corrected chi connectivity index (χ0v) is 18.9. The fourth-order valence-electron chi connectivity index (χ4n) is 3.63. The number of carbonyl (C=O) groups excluding carboxylic acids is 3. The molecule has 33 heavy (non-hydrogen) atoms. The summed E-state index contributed by atoms with van der Waals surface area (Å²) in [5, 5.41) is -0.458. The maximum atomic E-state index is 13.1. The number of rotatable bonds is 7. The smallest absolute Gasteiger partial charge is 0.294 e. The largest absolute Gasteiger partial charge is 0.493 e. The summed E-state index contributed by atoms with van der Waals surface area (Å²) in [7, 11) is 1.52. The Morgan fingerprint density at radius 1 is 1.09 bits per heavy atom. The Balaban J connectivity index is 1.47. The summed E-state index contributed by atoms with van der Waals surface area (Å²) in [6.45, 7) is 1.29. The van der Waals surface area contributed by atoms with Crippen molar-refractivity contribution >= 4 is 34.9 Å². The minimum atomic E-state index is -0.484. The maximum Gasteiger partial charge on any atom is 0.294 e. The Morgan fingerprint density at radius 2 is 1.82 bits per heavy atom. The predicted octanol–water partition coefficient (Wildman–Crippen LogP) is 4.07. The van der Waals surface area contributed by atoms with Crippen LogP contribution < -0.4 is 9.47 Å². The number of halogens is 1. The first kappa shape index (κ1) is 22.8. The van der Waals surface area contributed by atoms with Gasteiger partial charge in [0, 0.05) is 13.1 Å². The lowest BCUT2D eigenvalue weighted by Crippen LogP contribution is -2.40. The third-order valence-electron chi connectivity index (χ3n) is 5.42. The zero-order chi connectivity index (χ0) is 23.4. The van der Waals surface area contributed by atoms with Crippen molar-refractivity contribution in [3.05, 3.63) is 64.3 Å². The second-order valence-corrected chi connectivity index (χ2v) is 8.67. The summed E-state index contributed by atoms with van der Waals surface area (Å²) in [6.07, 6.45) is 3.47. The van der Waals surface area contributed by atoms with E-state index in [1.807, 2.05) is 0 Å². The average Bonchev–Trinajstić information content (AvgIpc) is 3.44. The van der Waals surface area contributed by atoms with Gasteiger partial charge in [-0.3, -0.25) is 19.3 Å². The predicted molar refractivity (Wildman–Crippen MR) is 122 cm³/mol. The van der Waals surface area contributed by atoms with E-state index in [0.29, 0.717) is 30.2 Å². The first-order chi connectivity index (χ1) is 15.9. The van der Waals surface area contributed by atoms with Gasteiger partial charge in [-0.15, -0.1) is 0 Å². The molecule has 0 aromatic heterocycles. The highest BCUT2D eigenvalue weighted by Gasteiger charge is 2.37. The summed E-state index contributed by atoms with van der Waals surface area (Å²) in [4.78, 5) is 40.4. The van der Waals surface area contributed by atoms with Crippen LogP contribution in [0.4, 0.5) is 9.18 Å². The van der Waals surface area contributed by atoms with Crippen LogP contribution >= 0.6 is 11.8 Å². The summed E-state index contributed by atoms with van der Waals surface area (Å²) in [6, 6.07) is 11.1. The molecule has 0 saturated carbocycles. The number of ether oxygens (including phenoxy) is 2. The number of hydrogen-bond acceptors (Lipinski definition) is 6. The maximum absolute atomic E-state index is 13.1. The molecule has 2 heterocycles. The molecule has 7 nitrogen and oxygen atoms in total. The molecule has 0 spiro atoms. The molecule has 0 atom stereocenters. The van der Waals surface area contributed by atoms with Gasteiger partial charge in [0.05, 0.1) is 12.0 Å². The molecule has 2 fully saturated rings. The van der Waals surface area contributed by atoms with Gasteiger partial charge in [-0.1, -0.05) is 18.2 Å². The van der Waals surface area contributed by atoms with Crippen LogP contribution in [0.3, 0.4) is 0 Å². The van der Waals surface area contributed by atoms with E-state index in [9.17, 15) is 18.8 Å². The molecule has 2 aromatic carbocycles. The van der Waals surface area contributed by atoms with E-state index in [-0.39, 0.29) is 29.8 Å². The number of amides is 3. The first-order valence-corrected chi connectivity index (χ1v) is 11.3. The van der Waals surface area contributed by atoms with Gasteiger partial charge >= 0.3 is 0 Å². The molecule has 0 unspecified atom stereocenters. The van der Waals surface area contributed by atoms with Crippen LogP contribution in [0.1, 0.15) is 24.0 Å². The number of carbonyl (C=O) groups is 3. The van der Waals surface area contributed by atoms with Crippen molar-refractivity contribution in [2.24, 2.45) is 0 Å². The minimum Gasteiger partial charge on any atom is -0.493 e. The topological polar surface area (TPSA) is 76.2 Å². The van der Waals surface area contributed by atoms with E-state index in [1.165, 1.54) is 19.2 Å². The van der Waals surface area contributed by atoms with Crippen LogP contribution in [0.25, 0.3) is 6.08 Å². The summed E-state index contributed by atoms with van der Waals surface area (Å²) < 4.78 is 24.3. The zero-order valence-electron chi connectivity index (χ0n) is 18.1. The third kappa shape index (κ3) is 5.36. The summed E-state index contributed by atoms with van der Waals surface area (Å²) in [5.41, 5.74) is 1.42. The van der Waals surface area contributed by atoms with Gasteiger partial charge < -0.3 is 14.4 Å². The number of benzene rings is 2. The Morgan fingerprint density at radius 3 is 2.52 bits per heavy atom. The number of thioether (sulfide) groups is 1. The third-order valence-corrected chi connectivity index (χ3v) is 6.33. The SMILES string of the molecule is COc1ccc(/C=C2\SC(=O)N(CC(=O)N3CCCC3)C2=O)cc1OCc1ccc(F)cc1. The van der Waals surface area contributed by atoms with Crippen LogP contribution in [-0.4, -0.2) is 53.6 Å². The second-order valence-electron chi connectivity index (χ2n) is 7.68. The standard InChI is InChI=1S/C24H23FN2O5S/c1-31-19-9-6-17(12-20(19)32-15-16-4-7-18(25)8-5-16)13-21-23(29)27(24(30)33-21)14-22(28)26-10-2-3-11-26/h4-9,12-13H,2-3,10-11,14-15H2,1H3/b21-13-. The van der Waals surface area contributed by atoms with Gasteiger partial charge in [0.15, 0.2) is 11.5 Å². The molecule has 2 aromatic rings. The van der Waals surface area contributed by atoms with Gasteiger partial charge in [-0.2, -0.15) is 0 Å². The molecule has 2 aliphatic rings. The first-order valence-electron chi connectivity index (χ1n) is 10.5. The lowest BCUT2D eigenvalue weighted by atomic mass is 10.1. The summed E-state index contributed by atoms with van der Waals surface area (Å²) in [5.74, 6) is -0.0777. The van der Waals surface area contributed by atoms with Crippen molar-refractivity contribution < 1.29 is 28.2 Å². The van der Waals surface area contributed by atoms with E-state index >= 15 is 0 Å². The van der Waals surface area contributed by atoms with Gasteiger partial charge in [-0.05, 0) is 66.1 Å². The van der Waals surface area contributed by atoms with E-state index in [4.69, 9.17) is 9.47 Å². The second kappa shape index (κ2) is 10.1. The van der Waals surface area contributed by atoms with Crippen molar-refractivity contribution in [3.63, 3.8) is 0 Å². The molecule has 172 valence electrons. The van der Waals surface area contributed by atoms with Crippen LogP contribution in [0, 0.1) is 5.82 Å². The van der Waals surface area contributed by atoms with Crippen molar-refractivity contribution in [1.82, 2.24) is 9.80 Å². The molecule has 0 aliphatic carbocycles. The molecule has 9 heteroatoms. The number of imide groups is 1. The fourth-order valence-corrected chi connectivity index (χ4v) is 4.47. The van der Waals surface area contributed by atoms with Gasteiger partial charge in [0.1, 0.15) is 19.0 Å². The quantitative estimate of drug-likeness (QED) is 0.568. The van der Waals surface area contributed by atoms with E-state index < -0.39 is 11.1 Å². The number of hydrogen-bond donors (Lipinski definition) is 0. The monoisotopic (exact) mass is 470 g/mol. The molecular weight excluding hydrogens is 447 g/mol. The van der Waals surface area contributed by atoms with Gasteiger partial charge in [-0.25, -0.2) is 4.39 Å². The molecule has 0 bridgehead atoms. The van der Waals surface area contributed by atoms with Crippen molar-refractivity contribution in [3.8, 4) is 11.5 Å². The molecule has 0 N–H and O–H groups in total.